The van der Waals surface area contributed by atoms with Crippen LogP contribution in [-0.4, -0.2) is 18.8 Å². The minimum atomic E-state index is -1.35. The van der Waals surface area contributed by atoms with E-state index < -0.39 is 5.67 Å². The third kappa shape index (κ3) is 2.42. The van der Waals surface area contributed by atoms with Crippen LogP contribution in [-0.2, 0) is 11.2 Å². The van der Waals surface area contributed by atoms with Gasteiger partial charge < -0.3 is 10.5 Å². The summed E-state index contributed by atoms with van der Waals surface area (Å²) >= 11 is 0. The van der Waals surface area contributed by atoms with Crippen LogP contribution in [0, 0.1) is 0 Å². The lowest BCUT2D eigenvalue weighted by Gasteiger charge is -2.30. The van der Waals surface area contributed by atoms with Gasteiger partial charge in [0, 0.05) is 13.0 Å². The van der Waals surface area contributed by atoms with Crippen LogP contribution in [0.4, 0.5) is 4.39 Å². The Morgan fingerprint density at radius 3 is 3.00 bits per heavy atom. The molecule has 0 saturated heterocycles. The molecular formula is C13H18FNO. The largest absolute Gasteiger partial charge is 0.373 e. The Morgan fingerprint density at radius 2 is 2.25 bits per heavy atom. The highest BCUT2D eigenvalue weighted by atomic mass is 19.1. The molecule has 0 spiro atoms. The van der Waals surface area contributed by atoms with Gasteiger partial charge in [-0.2, -0.15) is 0 Å². The molecule has 1 aromatic rings. The zero-order valence-corrected chi connectivity index (χ0v) is 9.58. The Balaban J connectivity index is 2.19. The summed E-state index contributed by atoms with van der Waals surface area (Å²) < 4.78 is 19.5. The molecule has 16 heavy (non-hydrogen) atoms. The summed E-state index contributed by atoms with van der Waals surface area (Å²) in [6.45, 7) is 2.24. The van der Waals surface area contributed by atoms with E-state index in [1.165, 1.54) is 12.5 Å². The predicted molar refractivity (Wildman–Crippen MR) is 62.0 cm³/mol. The monoisotopic (exact) mass is 223 g/mol. The van der Waals surface area contributed by atoms with Crippen LogP contribution in [0.25, 0.3) is 0 Å². The normalized spacial score (nSPS) is 23.6. The van der Waals surface area contributed by atoms with Crippen LogP contribution in [0.1, 0.15) is 30.6 Å². The Hall–Kier alpha value is -0.930. The topological polar surface area (TPSA) is 35.2 Å². The van der Waals surface area contributed by atoms with Crippen molar-refractivity contribution < 1.29 is 9.13 Å². The third-order valence-corrected chi connectivity index (χ3v) is 3.13. The molecule has 0 radical (unpaired) electrons. The van der Waals surface area contributed by atoms with Gasteiger partial charge in [-0.1, -0.05) is 24.3 Å². The molecule has 2 unspecified atom stereocenters. The van der Waals surface area contributed by atoms with Crippen molar-refractivity contribution in [1.29, 1.82) is 0 Å². The van der Waals surface area contributed by atoms with Crippen molar-refractivity contribution in [2.45, 2.75) is 31.5 Å². The SMILES string of the molecule is CC(F)(CN)CC1OCCc2ccccc21. The van der Waals surface area contributed by atoms with E-state index in [9.17, 15) is 4.39 Å². The van der Waals surface area contributed by atoms with Crippen molar-refractivity contribution in [3.63, 3.8) is 0 Å². The third-order valence-electron chi connectivity index (χ3n) is 3.13. The molecule has 0 aromatic heterocycles. The zero-order valence-electron chi connectivity index (χ0n) is 9.58. The second-order valence-electron chi connectivity index (χ2n) is 4.63. The molecule has 0 amide bonds. The molecule has 0 aliphatic carbocycles. The predicted octanol–water partition coefficient (Wildman–Crippen LogP) is 2.38. The molecule has 3 heteroatoms. The zero-order chi connectivity index (χ0) is 11.6. The minimum Gasteiger partial charge on any atom is -0.373 e. The van der Waals surface area contributed by atoms with Crippen molar-refractivity contribution >= 4 is 0 Å². The van der Waals surface area contributed by atoms with E-state index in [0.717, 1.165) is 12.0 Å². The maximum atomic E-state index is 13.9. The molecule has 2 N–H and O–H groups in total. The summed E-state index contributed by atoms with van der Waals surface area (Å²) in [6.07, 6.45) is 1.10. The second-order valence-corrected chi connectivity index (χ2v) is 4.63. The lowest BCUT2D eigenvalue weighted by molar-refractivity contribution is 0.000458. The summed E-state index contributed by atoms with van der Waals surface area (Å²) in [5.41, 5.74) is 6.45. The lowest BCUT2D eigenvalue weighted by atomic mass is 9.90. The maximum Gasteiger partial charge on any atom is 0.123 e. The second kappa shape index (κ2) is 4.52. The molecular weight excluding hydrogens is 205 g/mol. The first-order valence-corrected chi connectivity index (χ1v) is 5.71. The smallest absolute Gasteiger partial charge is 0.123 e. The molecule has 2 nitrogen and oxygen atoms in total. The lowest BCUT2D eigenvalue weighted by Crippen LogP contribution is -2.33. The molecule has 0 fully saturated rings. The molecule has 1 heterocycles. The number of alkyl halides is 1. The van der Waals surface area contributed by atoms with Gasteiger partial charge in [0.15, 0.2) is 0 Å². The molecule has 1 aliphatic rings. The van der Waals surface area contributed by atoms with Crippen LogP contribution in [0.2, 0.25) is 0 Å². The van der Waals surface area contributed by atoms with Crippen LogP contribution < -0.4 is 5.73 Å². The summed E-state index contributed by atoms with van der Waals surface area (Å²) in [4.78, 5) is 0. The quantitative estimate of drug-likeness (QED) is 0.853. The maximum absolute atomic E-state index is 13.9. The van der Waals surface area contributed by atoms with Gasteiger partial charge in [-0.15, -0.1) is 0 Å². The highest BCUT2D eigenvalue weighted by Gasteiger charge is 2.30. The molecule has 1 aliphatic heterocycles. The Morgan fingerprint density at radius 1 is 1.50 bits per heavy atom. The molecule has 1 aromatic carbocycles. The molecule has 2 rings (SSSR count). The average Bonchev–Trinajstić information content (AvgIpc) is 2.29. The van der Waals surface area contributed by atoms with E-state index in [-0.39, 0.29) is 12.6 Å². The highest BCUT2D eigenvalue weighted by molar-refractivity contribution is 5.31. The van der Waals surface area contributed by atoms with Gasteiger partial charge in [0.25, 0.3) is 0 Å². The Bertz CT molecular complexity index is 365. The fraction of sp³-hybridized carbons (Fsp3) is 0.538. The number of hydrogen-bond donors (Lipinski definition) is 1. The summed E-state index contributed by atoms with van der Waals surface area (Å²) in [7, 11) is 0. The van der Waals surface area contributed by atoms with Crippen molar-refractivity contribution in [2.75, 3.05) is 13.2 Å². The van der Waals surface area contributed by atoms with Crippen molar-refractivity contribution in [3.8, 4) is 0 Å². The summed E-state index contributed by atoms with van der Waals surface area (Å²) in [5, 5.41) is 0. The van der Waals surface area contributed by atoms with Gasteiger partial charge in [0.1, 0.15) is 5.67 Å². The van der Waals surface area contributed by atoms with Crippen molar-refractivity contribution in [3.05, 3.63) is 35.4 Å². The fourth-order valence-electron chi connectivity index (χ4n) is 2.12. The van der Waals surface area contributed by atoms with Gasteiger partial charge in [-0.05, 0) is 24.5 Å². The van der Waals surface area contributed by atoms with Gasteiger partial charge in [-0.3, -0.25) is 0 Å². The molecule has 88 valence electrons. The van der Waals surface area contributed by atoms with E-state index in [1.54, 1.807) is 0 Å². The van der Waals surface area contributed by atoms with E-state index >= 15 is 0 Å². The number of benzene rings is 1. The van der Waals surface area contributed by atoms with Gasteiger partial charge in [0.2, 0.25) is 0 Å². The fourth-order valence-corrected chi connectivity index (χ4v) is 2.12. The summed E-state index contributed by atoms with van der Waals surface area (Å²) in [5.74, 6) is 0. The van der Waals surface area contributed by atoms with Gasteiger partial charge in [-0.25, -0.2) is 4.39 Å². The average molecular weight is 223 g/mol. The van der Waals surface area contributed by atoms with E-state index in [2.05, 4.69) is 6.07 Å². The van der Waals surface area contributed by atoms with E-state index in [4.69, 9.17) is 10.5 Å². The first-order chi connectivity index (χ1) is 7.62. The van der Waals surface area contributed by atoms with Crippen LogP contribution in [0.3, 0.4) is 0 Å². The van der Waals surface area contributed by atoms with Crippen molar-refractivity contribution in [1.82, 2.24) is 0 Å². The molecule has 2 atom stereocenters. The Kier molecular flexibility index (Phi) is 3.26. The molecule has 0 saturated carbocycles. The summed E-state index contributed by atoms with van der Waals surface area (Å²) in [6, 6.07) is 8.09. The highest BCUT2D eigenvalue weighted by Crippen LogP contribution is 2.34. The number of fused-ring (bicyclic) bond motifs is 1. The van der Waals surface area contributed by atoms with Gasteiger partial charge in [0.05, 0.1) is 12.7 Å². The van der Waals surface area contributed by atoms with E-state index in [1.807, 2.05) is 18.2 Å². The van der Waals surface area contributed by atoms with Crippen molar-refractivity contribution in [2.24, 2.45) is 5.73 Å². The Labute approximate surface area is 95.6 Å². The van der Waals surface area contributed by atoms with Crippen LogP contribution >= 0.6 is 0 Å². The van der Waals surface area contributed by atoms with Crippen LogP contribution in [0.5, 0.6) is 0 Å². The number of ether oxygens (including phenoxy) is 1. The number of nitrogens with two attached hydrogens (primary N) is 1. The number of halogens is 1. The number of rotatable bonds is 3. The number of hydrogen-bond acceptors (Lipinski definition) is 2. The first-order valence-electron chi connectivity index (χ1n) is 5.71. The van der Waals surface area contributed by atoms with E-state index in [0.29, 0.717) is 13.0 Å². The van der Waals surface area contributed by atoms with Crippen LogP contribution in [0.15, 0.2) is 24.3 Å². The minimum absolute atomic E-state index is 0.0367. The standard InChI is InChI=1S/C13H18FNO/c1-13(14,9-15)8-12-11-5-3-2-4-10(11)6-7-16-12/h2-5,12H,6-9,15H2,1H3. The van der Waals surface area contributed by atoms with Gasteiger partial charge >= 0.3 is 0 Å². The molecule has 0 bridgehead atoms. The first kappa shape index (κ1) is 11.6.